The Balaban J connectivity index is 1.67. The summed E-state index contributed by atoms with van der Waals surface area (Å²) in [6.45, 7) is 3.05. The van der Waals surface area contributed by atoms with Gasteiger partial charge in [-0.05, 0) is 31.0 Å². The van der Waals surface area contributed by atoms with Crippen molar-refractivity contribution < 1.29 is 13.2 Å². The van der Waals surface area contributed by atoms with Crippen molar-refractivity contribution in [3.8, 4) is 0 Å². The molecule has 0 aliphatic carbocycles. The lowest BCUT2D eigenvalue weighted by molar-refractivity contribution is -0.121. The monoisotopic (exact) mass is 426 g/mol. The van der Waals surface area contributed by atoms with Crippen LogP contribution in [0.4, 0.5) is 0 Å². The number of carbonyl (C=O) groups is 1. The molecule has 158 valence electrons. The predicted molar refractivity (Wildman–Crippen MR) is 115 cm³/mol. The van der Waals surface area contributed by atoms with Crippen LogP contribution < -0.4 is 5.32 Å². The van der Waals surface area contributed by atoms with E-state index >= 15 is 0 Å². The van der Waals surface area contributed by atoms with Crippen molar-refractivity contribution in [2.75, 3.05) is 13.1 Å². The third kappa shape index (κ3) is 6.01. The number of aromatic nitrogens is 2. The summed E-state index contributed by atoms with van der Waals surface area (Å²) >= 11 is 0. The summed E-state index contributed by atoms with van der Waals surface area (Å²) in [7, 11) is -3.81. The Morgan fingerprint density at radius 3 is 2.50 bits per heavy atom. The maximum atomic E-state index is 13.2. The van der Waals surface area contributed by atoms with Gasteiger partial charge in [-0.25, -0.2) is 13.4 Å². The second-order valence-corrected chi connectivity index (χ2v) is 9.01. The highest BCUT2D eigenvalue weighted by molar-refractivity contribution is 7.89. The first kappa shape index (κ1) is 21.7. The third-order valence-corrected chi connectivity index (χ3v) is 6.46. The fraction of sp³-hybridized carbons (Fsp3) is 0.273. The number of hydrogen-bond acceptors (Lipinski definition) is 4. The molecule has 8 heteroatoms. The van der Waals surface area contributed by atoms with Crippen molar-refractivity contribution in [2.45, 2.75) is 31.3 Å². The van der Waals surface area contributed by atoms with Crippen molar-refractivity contribution in [1.82, 2.24) is 19.2 Å². The number of amides is 1. The second-order valence-electron chi connectivity index (χ2n) is 7.08. The first-order valence-electron chi connectivity index (χ1n) is 9.78. The van der Waals surface area contributed by atoms with E-state index in [0.29, 0.717) is 6.54 Å². The van der Waals surface area contributed by atoms with Gasteiger partial charge in [0.2, 0.25) is 15.9 Å². The van der Waals surface area contributed by atoms with Crippen molar-refractivity contribution in [3.05, 3.63) is 84.4 Å². The number of aryl methyl sites for hydroxylation is 2. The first-order chi connectivity index (χ1) is 14.4. The molecule has 0 saturated carbocycles. The maximum absolute atomic E-state index is 13.2. The number of carbonyl (C=O) groups excluding carboxylic acids is 1. The zero-order chi connectivity index (χ0) is 21.4. The molecule has 0 saturated heterocycles. The van der Waals surface area contributed by atoms with E-state index in [4.69, 9.17) is 0 Å². The average Bonchev–Trinajstić information content (AvgIpc) is 3.26. The Hall–Kier alpha value is -2.97. The van der Waals surface area contributed by atoms with Gasteiger partial charge in [-0.3, -0.25) is 4.79 Å². The molecule has 0 spiro atoms. The highest BCUT2D eigenvalue weighted by atomic mass is 32.2. The fourth-order valence-corrected chi connectivity index (χ4v) is 4.39. The topological polar surface area (TPSA) is 84.3 Å². The van der Waals surface area contributed by atoms with Crippen LogP contribution >= 0.6 is 0 Å². The van der Waals surface area contributed by atoms with Crippen molar-refractivity contribution in [1.29, 1.82) is 0 Å². The van der Waals surface area contributed by atoms with E-state index in [9.17, 15) is 13.2 Å². The number of benzene rings is 2. The van der Waals surface area contributed by atoms with Crippen LogP contribution in [0.1, 0.15) is 17.5 Å². The maximum Gasteiger partial charge on any atom is 0.243 e. The highest BCUT2D eigenvalue weighted by Crippen LogP contribution is 2.18. The molecule has 2 aromatic carbocycles. The summed E-state index contributed by atoms with van der Waals surface area (Å²) in [5.41, 5.74) is 1.92. The minimum atomic E-state index is -3.81. The van der Waals surface area contributed by atoms with E-state index in [2.05, 4.69) is 10.3 Å². The minimum absolute atomic E-state index is 0.125. The molecule has 1 heterocycles. The highest BCUT2D eigenvalue weighted by Gasteiger charge is 2.26. The molecule has 1 aromatic heterocycles. The Bertz CT molecular complexity index is 1030. The summed E-state index contributed by atoms with van der Waals surface area (Å²) in [4.78, 5) is 16.7. The van der Waals surface area contributed by atoms with Crippen molar-refractivity contribution in [3.63, 3.8) is 0 Å². The average molecular weight is 427 g/mol. The molecule has 0 aliphatic heterocycles. The summed E-state index contributed by atoms with van der Waals surface area (Å²) in [5, 5.41) is 2.82. The Labute approximate surface area is 177 Å². The van der Waals surface area contributed by atoms with E-state index in [-0.39, 0.29) is 23.9 Å². The van der Waals surface area contributed by atoms with Gasteiger partial charge in [0.05, 0.1) is 17.8 Å². The van der Waals surface area contributed by atoms with Gasteiger partial charge in [0.15, 0.2) is 0 Å². The first-order valence-corrected chi connectivity index (χ1v) is 11.2. The van der Waals surface area contributed by atoms with Crippen LogP contribution in [0.3, 0.4) is 0 Å². The summed E-state index contributed by atoms with van der Waals surface area (Å²) in [6, 6.07) is 15.8. The van der Waals surface area contributed by atoms with Gasteiger partial charge in [0.1, 0.15) is 0 Å². The van der Waals surface area contributed by atoms with E-state index in [1.54, 1.807) is 42.9 Å². The molecule has 0 fully saturated rings. The zero-order valence-corrected chi connectivity index (χ0v) is 17.8. The number of nitrogens with one attached hydrogen (secondary N) is 1. The molecule has 30 heavy (non-hydrogen) atoms. The van der Waals surface area contributed by atoms with E-state index in [0.717, 1.165) is 24.1 Å². The normalized spacial score (nSPS) is 11.5. The Kier molecular flexibility index (Phi) is 7.37. The van der Waals surface area contributed by atoms with Gasteiger partial charge < -0.3 is 9.88 Å². The quantitative estimate of drug-likeness (QED) is 0.505. The minimum Gasteiger partial charge on any atom is -0.355 e. The SMILES string of the molecule is Cc1ccc(CN(CC(=O)NCCCn2ccnc2)S(=O)(=O)c2ccccc2)cc1. The summed E-state index contributed by atoms with van der Waals surface area (Å²) in [6.07, 6.45) is 6.01. The number of hydrogen-bond donors (Lipinski definition) is 1. The molecule has 1 amide bonds. The van der Waals surface area contributed by atoms with Crippen molar-refractivity contribution in [2.24, 2.45) is 0 Å². The van der Waals surface area contributed by atoms with Gasteiger partial charge in [0.25, 0.3) is 0 Å². The van der Waals surface area contributed by atoms with Gasteiger partial charge in [-0.15, -0.1) is 0 Å². The molecule has 0 aliphatic rings. The number of rotatable bonds is 10. The van der Waals surface area contributed by atoms with Crippen LogP contribution in [0.5, 0.6) is 0 Å². The smallest absolute Gasteiger partial charge is 0.243 e. The van der Waals surface area contributed by atoms with Gasteiger partial charge in [-0.1, -0.05) is 48.0 Å². The molecule has 7 nitrogen and oxygen atoms in total. The molecule has 0 radical (unpaired) electrons. The summed E-state index contributed by atoms with van der Waals surface area (Å²) < 4.78 is 29.5. The molecule has 3 aromatic rings. The molecule has 3 rings (SSSR count). The molecule has 1 N–H and O–H groups in total. The Morgan fingerprint density at radius 2 is 1.83 bits per heavy atom. The standard InChI is InChI=1S/C22H26N4O3S/c1-19-8-10-20(11-9-19)16-26(30(28,29)21-6-3-2-4-7-21)17-22(27)24-12-5-14-25-15-13-23-18-25/h2-4,6-11,13,15,18H,5,12,14,16-17H2,1H3,(H,24,27). The van der Waals surface area contributed by atoms with E-state index in [1.807, 2.05) is 42.0 Å². The largest absolute Gasteiger partial charge is 0.355 e. The van der Waals surface area contributed by atoms with Gasteiger partial charge in [-0.2, -0.15) is 4.31 Å². The zero-order valence-electron chi connectivity index (χ0n) is 16.9. The van der Waals surface area contributed by atoms with Crippen LogP contribution in [0, 0.1) is 6.92 Å². The lowest BCUT2D eigenvalue weighted by atomic mass is 10.1. The van der Waals surface area contributed by atoms with Crippen molar-refractivity contribution >= 4 is 15.9 Å². The predicted octanol–water partition coefficient (Wildman–Crippen LogP) is 2.59. The molecule has 0 unspecified atom stereocenters. The Morgan fingerprint density at radius 1 is 1.10 bits per heavy atom. The fourth-order valence-electron chi connectivity index (χ4n) is 2.99. The molecule has 0 bridgehead atoms. The number of imidazole rings is 1. The van der Waals surface area contributed by atoms with Crippen LogP contribution in [-0.2, 0) is 27.9 Å². The lowest BCUT2D eigenvalue weighted by Gasteiger charge is -2.22. The van der Waals surface area contributed by atoms with Crippen LogP contribution in [0.25, 0.3) is 0 Å². The van der Waals surface area contributed by atoms with Crippen LogP contribution in [0.2, 0.25) is 0 Å². The van der Waals surface area contributed by atoms with Gasteiger partial charge in [0, 0.05) is 32.0 Å². The van der Waals surface area contributed by atoms with Gasteiger partial charge >= 0.3 is 0 Å². The van der Waals surface area contributed by atoms with Crippen LogP contribution in [0.15, 0.2) is 78.2 Å². The third-order valence-electron chi connectivity index (χ3n) is 4.65. The lowest BCUT2D eigenvalue weighted by Crippen LogP contribution is -2.40. The number of sulfonamides is 1. The number of nitrogens with zero attached hydrogens (tertiary/aromatic N) is 3. The van der Waals surface area contributed by atoms with E-state index in [1.165, 1.54) is 4.31 Å². The second kappa shape index (κ2) is 10.2. The molecular weight excluding hydrogens is 400 g/mol. The van der Waals surface area contributed by atoms with Crippen LogP contribution in [-0.4, -0.2) is 41.3 Å². The van der Waals surface area contributed by atoms with E-state index < -0.39 is 10.0 Å². The molecule has 0 atom stereocenters. The summed E-state index contributed by atoms with van der Waals surface area (Å²) in [5.74, 6) is -0.327. The molecular formula is C22H26N4O3S.